The van der Waals surface area contributed by atoms with Crippen molar-refractivity contribution in [3.63, 3.8) is 0 Å². The predicted molar refractivity (Wildman–Crippen MR) is 88.7 cm³/mol. The Kier molecular flexibility index (Phi) is 5.46. The lowest BCUT2D eigenvalue weighted by atomic mass is 10.3. The highest BCUT2D eigenvalue weighted by Gasteiger charge is 2.10. The molecule has 1 aromatic carbocycles. The van der Waals surface area contributed by atoms with E-state index in [1.54, 1.807) is 0 Å². The Labute approximate surface area is 145 Å². The van der Waals surface area contributed by atoms with E-state index in [0.717, 1.165) is 17.3 Å². The number of ether oxygens (including phenoxy) is 1. The van der Waals surface area contributed by atoms with Crippen LogP contribution in [0.25, 0.3) is 0 Å². The number of hydrogen-bond acceptors (Lipinski definition) is 6. The van der Waals surface area contributed by atoms with Crippen molar-refractivity contribution in [3.05, 3.63) is 65.8 Å². The van der Waals surface area contributed by atoms with Gasteiger partial charge in [0.2, 0.25) is 11.8 Å². The number of hydrogen-bond donors (Lipinski definition) is 1. The van der Waals surface area contributed by atoms with E-state index in [2.05, 4.69) is 15.5 Å². The highest BCUT2D eigenvalue weighted by atomic mass is 16.5. The summed E-state index contributed by atoms with van der Waals surface area (Å²) in [5.74, 6) is 2.97. The van der Waals surface area contributed by atoms with Crippen LogP contribution < -0.4 is 10.1 Å². The summed E-state index contributed by atoms with van der Waals surface area (Å²) in [7, 11) is 0. The van der Waals surface area contributed by atoms with E-state index in [-0.39, 0.29) is 18.9 Å². The summed E-state index contributed by atoms with van der Waals surface area (Å²) in [5, 5.41) is 10.6. The highest BCUT2D eigenvalue weighted by molar-refractivity contribution is 5.75. The van der Waals surface area contributed by atoms with Crippen LogP contribution in [-0.4, -0.2) is 16.1 Å². The first-order chi connectivity index (χ1) is 12.2. The quantitative estimate of drug-likeness (QED) is 0.677. The summed E-state index contributed by atoms with van der Waals surface area (Å²) < 4.78 is 16.4. The predicted octanol–water partition coefficient (Wildman–Crippen LogP) is 2.80. The summed E-state index contributed by atoms with van der Waals surface area (Å²) in [6.07, 6.45) is 0.641. The molecule has 0 aliphatic carbocycles. The maximum atomic E-state index is 11.8. The van der Waals surface area contributed by atoms with Gasteiger partial charge in [-0.2, -0.15) is 0 Å². The Morgan fingerprint density at radius 2 is 1.88 bits per heavy atom. The Hall–Kier alpha value is -3.09. The van der Waals surface area contributed by atoms with Crippen LogP contribution in [0.4, 0.5) is 0 Å². The van der Waals surface area contributed by atoms with E-state index in [0.29, 0.717) is 24.7 Å². The number of para-hydroxylation sites is 1. The maximum absolute atomic E-state index is 11.8. The zero-order valence-electron chi connectivity index (χ0n) is 13.9. The first-order valence-electron chi connectivity index (χ1n) is 8.00. The SMILES string of the molecule is Cc1ccc(CNC(=O)CCc2nnc(COc3ccccc3)o2)o1. The van der Waals surface area contributed by atoms with Gasteiger partial charge in [-0.05, 0) is 31.2 Å². The Bertz CT molecular complexity index is 811. The van der Waals surface area contributed by atoms with Crippen LogP contribution in [0.3, 0.4) is 0 Å². The molecule has 2 aromatic heterocycles. The van der Waals surface area contributed by atoms with E-state index in [9.17, 15) is 4.79 Å². The summed E-state index contributed by atoms with van der Waals surface area (Å²) in [6, 6.07) is 13.1. The molecule has 0 saturated carbocycles. The van der Waals surface area contributed by atoms with E-state index >= 15 is 0 Å². The fraction of sp³-hybridized carbons (Fsp3) is 0.278. The van der Waals surface area contributed by atoms with Crippen LogP contribution >= 0.6 is 0 Å². The largest absolute Gasteiger partial charge is 0.484 e. The summed E-state index contributed by atoms with van der Waals surface area (Å²) in [6.45, 7) is 2.42. The number of carbonyl (C=O) groups is 1. The number of nitrogens with one attached hydrogen (secondary N) is 1. The Morgan fingerprint density at radius 1 is 1.08 bits per heavy atom. The van der Waals surface area contributed by atoms with Crippen LogP contribution in [0.15, 0.2) is 51.3 Å². The van der Waals surface area contributed by atoms with Crippen LogP contribution in [-0.2, 0) is 24.4 Å². The van der Waals surface area contributed by atoms with Gasteiger partial charge in [0.1, 0.15) is 17.3 Å². The zero-order chi connectivity index (χ0) is 17.5. The summed E-state index contributed by atoms with van der Waals surface area (Å²) >= 11 is 0. The molecule has 0 aliphatic heterocycles. The van der Waals surface area contributed by atoms with Gasteiger partial charge in [-0.15, -0.1) is 10.2 Å². The summed E-state index contributed by atoms with van der Waals surface area (Å²) in [4.78, 5) is 11.8. The van der Waals surface area contributed by atoms with Crippen LogP contribution in [0, 0.1) is 6.92 Å². The highest BCUT2D eigenvalue weighted by Crippen LogP contribution is 2.11. The van der Waals surface area contributed by atoms with E-state index in [4.69, 9.17) is 13.6 Å². The number of amides is 1. The minimum absolute atomic E-state index is 0.102. The third kappa shape index (κ3) is 5.20. The molecule has 0 spiro atoms. The molecule has 3 rings (SSSR count). The molecule has 0 bridgehead atoms. The van der Waals surface area contributed by atoms with Crippen molar-refractivity contribution in [1.82, 2.24) is 15.5 Å². The van der Waals surface area contributed by atoms with Crippen LogP contribution in [0.5, 0.6) is 5.75 Å². The van der Waals surface area contributed by atoms with Gasteiger partial charge in [0.05, 0.1) is 6.54 Å². The molecule has 2 heterocycles. The van der Waals surface area contributed by atoms with Crippen LogP contribution in [0.2, 0.25) is 0 Å². The Balaban J connectivity index is 1.39. The van der Waals surface area contributed by atoms with Crippen molar-refractivity contribution in [2.45, 2.75) is 32.9 Å². The van der Waals surface area contributed by atoms with Gasteiger partial charge in [-0.25, -0.2) is 0 Å². The number of carbonyl (C=O) groups excluding carboxylic acids is 1. The lowest BCUT2D eigenvalue weighted by molar-refractivity contribution is -0.121. The van der Waals surface area contributed by atoms with Gasteiger partial charge in [0, 0.05) is 12.8 Å². The molecule has 0 aliphatic rings. The minimum atomic E-state index is -0.102. The molecule has 1 N–H and O–H groups in total. The molecule has 0 saturated heterocycles. The third-order valence-corrected chi connectivity index (χ3v) is 3.44. The number of nitrogens with zero attached hydrogens (tertiary/aromatic N) is 2. The fourth-order valence-electron chi connectivity index (χ4n) is 2.18. The van der Waals surface area contributed by atoms with Crippen molar-refractivity contribution >= 4 is 5.91 Å². The van der Waals surface area contributed by atoms with Crippen molar-refractivity contribution in [1.29, 1.82) is 0 Å². The van der Waals surface area contributed by atoms with Crippen molar-refractivity contribution in [2.75, 3.05) is 0 Å². The average Bonchev–Trinajstić information content (AvgIpc) is 3.26. The molecule has 0 fully saturated rings. The number of aryl methyl sites for hydroxylation is 2. The molecule has 0 unspecified atom stereocenters. The molecule has 0 atom stereocenters. The van der Waals surface area contributed by atoms with Gasteiger partial charge in [-0.1, -0.05) is 18.2 Å². The smallest absolute Gasteiger partial charge is 0.253 e. The molecule has 1 amide bonds. The maximum Gasteiger partial charge on any atom is 0.253 e. The number of aromatic nitrogens is 2. The van der Waals surface area contributed by atoms with Crippen molar-refractivity contribution in [2.24, 2.45) is 0 Å². The third-order valence-electron chi connectivity index (χ3n) is 3.44. The standard InChI is InChI=1S/C18H19N3O4/c1-13-7-8-15(24-13)11-19-16(22)9-10-17-20-21-18(25-17)12-23-14-5-3-2-4-6-14/h2-8H,9-12H2,1H3,(H,19,22). The molecule has 3 aromatic rings. The molecule has 25 heavy (non-hydrogen) atoms. The second-order valence-corrected chi connectivity index (χ2v) is 5.48. The molecular formula is C18H19N3O4. The fourth-order valence-corrected chi connectivity index (χ4v) is 2.18. The average molecular weight is 341 g/mol. The second kappa shape index (κ2) is 8.14. The normalized spacial score (nSPS) is 10.6. The van der Waals surface area contributed by atoms with E-state index in [1.807, 2.05) is 49.4 Å². The van der Waals surface area contributed by atoms with Crippen molar-refractivity contribution < 1.29 is 18.4 Å². The molecular weight excluding hydrogens is 322 g/mol. The first kappa shape index (κ1) is 16.8. The van der Waals surface area contributed by atoms with Crippen LogP contribution in [0.1, 0.15) is 29.7 Å². The van der Waals surface area contributed by atoms with Gasteiger partial charge in [0.25, 0.3) is 5.89 Å². The molecule has 130 valence electrons. The summed E-state index contributed by atoms with van der Waals surface area (Å²) in [5.41, 5.74) is 0. The zero-order valence-corrected chi connectivity index (χ0v) is 13.9. The van der Waals surface area contributed by atoms with Gasteiger partial charge in [0.15, 0.2) is 6.61 Å². The number of benzene rings is 1. The lowest BCUT2D eigenvalue weighted by Crippen LogP contribution is -2.22. The van der Waals surface area contributed by atoms with Gasteiger partial charge in [-0.3, -0.25) is 4.79 Å². The molecule has 7 nitrogen and oxygen atoms in total. The van der Waals surface area contributed by atoms with E-state index < -0.39 is 0 Å². The number of rotatable bonds is 8. The van der Waals surface area contributed by atoms with Gasteiger partial charge < -0.3 is 18.9 Å². The van der Waals surface area contributed by atoms with Gasteiger partial charge >= 0.3 is 0 Å². The second-order valence-electron chi connectivity index (χ2n) is 5.48. The molecule has 7 heteroatoms. The molecule has 0 radical (unpaired) electrons. The van der Waals surface area contributed by atoms with E-state index in [1.165, 1.54) is 0 Å². The first-order valence-corrected chi connectivity index (χ1v) is 8.00. The monoisotopic (exact) mass is 341 g/mol. The van der Waals surface area contributed by atoms with Crippen molar-refractivity contribution in [3.8, 4) is 5.75 Å². The lowest BCUT2D eigenvalue weighted by Gasteiger charge is -2.02. The minimum Gasteiger partial charge on any atom is -0.484 e. The topological polar surface area (TPSA) is 90.4 Å². The number of furan rings is 1. The Morgan fingerprint density at radius 3 is 2.64 bits per heavy atom.